The van der Waals surface area contributed by atoms with Gasteiger partial charge in [-0.1, -0.05) is 12.1 Å². The van der Waals surface area contributed by atoms with Gasteiger partial charge >= 0.3 is 0 Å². The summed E-state index contributed by atoms with van der Waals surface area (Å²) in [6.07, 6.45) is 0.685. The second-order valence-electron chi connectivity index (χ2n) is 2.84. The minimum absolute atomic E-state index is 0.685. The molecule has 4 nitrogen and oxygen atoms in total. The van der Waals surface area contributed by atoms with Crippen molar-refractivity contribution in [2.24, 2.45) is 10.8 Å². The molecule has 0 amide bonds. The molecule has 0 radical (unpaired) electrons. The summed E-state index contributed by atoms with van der Waals surface area (Å²) in [5.74, 6) is 6.88. The van der Waals surface area contributed by atoms with Crippen molar-refractivity contribution in [1.29, 1.82) is 0 Å². The van der Waals surface area contributed by atoms with Crippen LogP contribution in [0.2, 0.25) is 0 Å². The maximum Gasteiger partial charge on any atom is 0.119 e. The lowest BCUT2D eigenvalue weighted by atomic mass is 10.1. The molecule has 0 saturated heterocycles. The fourth-order valence-corrected chi connectivity index (χ4v) is 1.17. The van der Waals surface area contributed by atoms with Gasteiger partial charge in [-0.05, 0) is 17.7 Å². The fraction of sp³-hybridized carbons (Fsp3) is 0.300. The molecule has 0 bridgehead atoms. The van der Waals surface area contributed by atoms with E-state index in [0.29, 0.717) is 6.42 Å². The summed E-state index contributed by atoms with van der Waals surface area (Å²) in [4.78, 5) is 4.00. The summed E-state index contributed by atoms with van der Waals surface area (Å²) in [7, 11) is 3.35. The molecule has 0 atom stereocenters. The molecule has 1 aromatic rings. The third kappa shape index (κ3) is 2.74. The minimum atomic E-state index is 0.685. The van der Waals surface area contributed by atoms with Crippen LogP contribution < -0.4 is 16.0 Å². The van der Waals surface area contributed by atoms with Gasteiger partial charge in [0.05, 0.1) is 7.11 Å². The lowest BCUT2D eigenvalue weighted by Crippen LogP contribution is -2.31. The zero-order valence-corrected chi connectivity index (χ0v) is 8.45. The number of benzene rings is 1. The van der Waals surface area contributed by atoms with Gasteiger partial charge in [0, 0.05) is 13.5 Å². The van der Waals surface area contributed by atoms with Gasteiger partial charge in [-0.3, -0.25) is 4.99 Å². The molecule has 0 heterocycles. The normalized spacial score (nSPS) is 11.2. The van der Waals surface area contributed by atoms with Gasteiger partial charge < -0.3 is 10.2 Å². The van der Waals surface area contributed by atoms with E-state index in [1.165, 1.54) is 0 Å². The number of hydrazine groups is 1. The summed E-state index contributed by atoms with van der Waals surface area (Å²) in [5.41, 5.74) is 3.66. The Morgan fingerprint density at radius 2 is 2.36 bits per heavy atom. The van der Waals surface area contributed by atoms with Crippen molar-refractivity contribution < 1.29 is 4.74 Å². The van der Waals surface area contributed by atoms with Crippen molar-refractivity contribution in [3.63, 3.8) is 0 Å². The van der Waals surface area contributed by atoms with E-state index in [4.69, 9.17) is 10.6 Å². The van der Waals surface area contributed by atoms with Crippen LogP contribution in [0.25, 0.3) is 0 Å². The molecule has 4 heteroatoms. The van der Waals surface area contributed by atoms with Crippen LogP contribution in [0.4, 0.5) is 0 Å². The van der Waals surface area contributed by atoms with E-state index in [1.54, 1.807) is 14.2 Å². The third-order valence-corrected chi connectivity index (χ3v) is 1.94. The molecule has 0 saturated carbocycles. The van der Waals surface area contributed by atoms with Crippen LogP contribution in [-0.2, 0) is 6.42 Å². The van der Waals surface area contributed by atoms with E-state index in [-0.39, 0.29) is 0 Å². The van der Waals surface area contributed by atoms with Crippen LogP contribution in [0.5, 0.6) is 5.75 Å². The highest BCUT2D eigenvalue weighted by atomic mass is 16.5. The zero-order chi connectivity index (χ0) is 10.4. The van der Waals surface area contributed by atoms with Crippen LogP contribution in [-0.4, -0.2) is 20.0 Å². The number of aliphatic imine (C=N–C) groups is 1. The molecule has 1 aromatic carbocycles. The molecule has 0 fully saturated rings. The number of methoxy groups -OCH3 is 1. The summed E-state index contributed by atoms with van der Waals surface area (Å²) in [6.45, 7) is 0. The second kappa shape index (κ2) is 5.24. The smallest absolute Gasteiger partial charge is 0.119 e. The lowest BCUT2D eigenvalue weighted by Gasteiger charge is -2.06. The molecule has 0 aliphatic carbocycles. The summed E-state index contributed by atoms with van der Waals surface area (Å²) < 4.78 is 5.11. The van der Waals surface area contributed by atoms with E-state index in [2.05, 4.69) is 10.4 Å². The Hall–Kier alpha value is -1.55. The van der Waals surface area contributed by atoms with Crippen molar-refractivity contribution in [3.8, 4) is 5.75 Å². The Labute approximate surface area is 83.8 Å². The standard InChI is InChI=1S/C10H15N3O/c1-12-10(13-11)7-8-4-3-5-9(6-8)14-2/h3-6H,7,11H2,1-2H3,(H,12,13). The SMILES string of the molecule is CN=C(Cc1cccc(OC)c1)NN. The quantitative estimate of drug-likeness (QED) is 0.322. The summed E-state index contributed by atoms with van der Waals surface area (Å²) >= 11 is 0. The number of ether oxygens (including phenoxy) is 1. The molecule has 0 unspecified atom stereocenters. The van der Waals surface area contributed by atoms with E-state index in [0.717, 1.165) is 17.1 Å². The topological polar surface area (TPSA) is 59.6 Å². The van der Waals surface area contributed by atoms with Gasteiger partial charge in [-0.25, -0.2) is 5.84 Å². The van der Waals surface area contributed by atoms with E-state index >= 15 is 0 Å². The Morgan fingerprint density at radius 1 is 1.57 bits per heavy atom. The molecule has 3 N–H and O–H groups in total. The number of rotatable bonds is 3. The Kier molecular flexibility index (Phi) is 3.94. The van der Waals surface area contributed by atoms with Crippen molar-refractivity contribution >= 4 is 5.84 Å². The predicted molar refractivity (Wildman–Crippen MR) is 57.4 cm³/mol. The molecule has 0 aliphatic heterocycles. The average molecular weight is 193 g/mol. The Bertz CT molecular complexity index is 323. The fourth-order valence-electron chi connectivity index (χ4n) is 1.17. The van der Waals surface area contributed by atoms with Gasteiger partial charge in [0.2, 0.25) is 0 Å². The van der Waals surface area contributed by atoms with Crippen molar-refractivity contribution in [2.45, 2.75) is 6.42 Å². The highest BCUT2D eigenvalue weighted by molar-refractivity contribution is 5.83. The molecule has 0 aliphatic rings. The number of hydrogen-bond acceptors (Lipinski definition) is 3. The molecule has 14 heavy (non-hydrogen) atoms. The summed E-state index contributed by atoms with van der Waals surface area (Å²) in [6, 6.07) is 7.81. The first-order valence-corrected chi connectivity index (χ1v) is 4.35. The first kappa shape index (κ1) is 10.5. The van der Waals surface area contributed by atoms with Crippen LogP contribution in [0, 0.1) is 0 Å². The van der Waals surface area contributed by atoms with Gasteiger partial charge in [0.15, 0.2) is 0 Å². The summed E-state index contributed by atoms with van der Waals surface area (Å²) in [5, 5.41) is 0. The first-order valence-electron chi connectivity index (χ1n) is 4.35. The van der Waals surface area contributed by atoms with Gasteiger partial charge in [0.25, 0.3) is 0 Å². The predicted octanol–water partition coefficient (Wildman–Crippen LogP) is 0.729. The molecule has 1 rings (SSSR count). The highest BCUT2D eigenvalue weighted by Crippen LogP contribution is 2.12. The van der Waals surface area contributed by atoms with E-state index < -0.39 is 0 Å². The van der Waals surface area contributed by atoms with E-state index in [9.17, 15) is 0 Å². The molecule has 0 aromatic heterocycles. The monoisotopic (exact) mass is 193 g/mol. The highest BCUT2D eigenvalue weighted by Gasteiger charge is 1.99. The van der Waals surface area contributed by atoms with Crippen LogP contribution in [0.1, 0.15) is 5.56 Å². The zero-order valence-electron chi connectivity index (χ0n) is 8.45. The van der Waals surface area contributed by atoms with Gasteiger partial charge in [-0.15, -0.1) is 0 Å². The van der Waals surface area contributed by atoms with Gasteiger partial charge in [-0.2, -0.15) is 0 Å². The molecule has 76 valence electrons. The van der Waals surface area contributed by atoms with Crippen LogP contribution >= 0.6 is 0 Å². The number of nitrogens with zero attached hydrogens (tertiary/aromatic N) is 1. The number of hydrogen-bond donors (Lipinski definition) is 2. The first-order chi connectivity index (χ1) is 6.80. The van der Waals surface area contributed by atoms with Gasteiger partial charge in [0.1, 0.15) is 11.6 Å². The number of amidine groups is 1. The van der Waals surface area contributed by atoms with Crippen molar-refractivity contribution in [3.05, 3.63) is 29.8 Å². The Balaban J connectivity index is 2.76. The minimum Gasteiger partial charge on any atom is -0.497 e. The number of nitrogens with two attached hydrogens (primary N) is 1. The lowest BCUT2D eigenvalue weighted by molar-refractivity contribution is 0.414. The number of nitrogens with one attached hydrogen (secondary N) is 1. The molecular formula is C10H15N3O. The van der Waals surface area contributed by atoms with E-state index in [1.807, 2.05) is 24.3 Å². The third-order valence-electron chi connectivity index (χ3n) is 1.94. The van der Waals surface area contributed by atoms with Crippen LogP contribution in [0.15, 0.2) is 29.3 Å². The van der Waals surface area contributed by atoms with Crippen molar-refractivity contribution in [1.82, 2.24) is 5.43 Å². The van der Waals surface area contributed by atoms with Crippen LogP contribution in [0.3, 0.4) is 0 Å². The maximum atomic E-state index is 5.29. The molecule has 0 spiro atoms. The molecular weight excluding hydrogens is 178 g/mol. The largest absolute Gasteiger partial charge is 0.497 e. The second-order valence-corrected chi connectivity index (χ2v) is 2.84. The average Bonchev–Trinajstić information content (AvgIpc) is 2.26. The van der Waals surface area contributed by atoms with Crippen molar-refractivity contribution in [2.75, 3.05) is 14.2 Å². The maximum absolute atomic E-state index is 5.29. The Morgan fingerprint density at radius 3 is 2.93 bits per heavy atom.